The van der Waals surface area contributed by atoms with Gasteiger partial charge >= 0.3 is 0 Å². The van der Waals surface area contributed by atoms with Crippen LogP contribution in [0.25, 0.3) is 0 Å². The summed E-state index contributed by atoms with van der Waals surface area (Å²) in [7, 11) is -3.37. The summed E-state index contributed by atoms with van der Waals surface area (Å²) in [5, 5.41) is 14.3. The Kier molecular flexibility index (Phi) is 5.96. The summed E-state index contributed by atoms with van der Waals surface area (Å²) in [6.07, 6.45) is 3.62. The van der Waals surface area contributed by atoms with Gasteiger partial charge in [-0.05, 0) is 43.5 Å². The number of nitrogens with zero attached hydrogens (tertiary/aromatic N) is 4. The first-order valence-corrected chi connectivity index (χ1v) is 9.99. The second kappa shape index (κ2) is 8.39. The molecule has 2 aromatic heterocycles. The van der Waals surface area contributed by atoms with Crippen LogP contribution < -0.4 is 15.4 Å². The van der Waals surface area contributed by atoms with E-state index in [1.807, 2.05) is 19.1 Å². The average molecular weight is 377 g/mol. The maximum atomic E-state index is 12.0. The molecule has 1 aliphatic heterocycles. The van der Waals surface area contributed by atoms with Crippen LogP contribution in [0.5, 0.6) is 0 Å². The van der Waals surface area contributed by atoms with E-state index in [0.29, 0.717) is 37.1 Å². The smallest absolute Gasteiger partial charge is 0.279 e. The van der Waals surface area contributed by atoms with Crippen LogP contribution in [0, 0.1) is 6.92 Å². The van der Waals surface area contributed by atoms with Crippen molar-refractivity contribution in [2.45, 2.75) is 19.8 Å². The number of aryl methyl sites for hydroxylation is 1. The molecule has 3 rings (SSSR count). The van der Waals surface area contributed by atoms with Gasteiger partial charge in [-0.25, -0.2) is 9.71 Å². The van der Waals surface area contributed by atoms with E-state index < -0.39 is 10.2 Å². The van der Waals surface area contributed by atoms with Gasteiger partial charge < -0.3 is 10.6 Å². The number of rotatable bonds is 8. The van der Waals surface area contributed by atoms with Gasteiger partial charge in [-0.1, -0.05) is 6.07 Å². The number of hydrogen-bond acceptors (Lipinski definition) is 7. The third-order valence-electron chi connectivity index (χ3n) is 3.95. The van der Waals surface area contributed by atoms with Gasteiger partial charge in [0.25, 0.3) is 10.2 Å². The van der Waals surface area contributed by atoms with Crippen LogP contribution in [0.3, 0.4) is 0 Å². The SMILES string of the molecule is Cc1ccc(Nc2ccc(NCCNS(=O)(=O)N3CCCC3)nn2)nc1. The monoisotopic (exact) mass is 377 g/mol. The highest BCUT2D eigenvalue weighted by Crippen LogP contribution is 2.13. The molecule has 1 fully saturated rings. The summed E-state index contributed by atoms with van der Waals surface area (Å²) in [6, 6.07) is 7.39. The molecule has 0 radical (unpaired) electrons. The second-order valence-electron chi connectivity index (χ2n) is 6.08. The van der Waals surface area contributed by atoms with Crippen molar-refractivity contribution < 1.29 is 8.42 Å². The van der Waals surface area contributed by atoms with Gasteiger partial charge in [0.15, 0.2) is 5.82 Å². The fraction of sp³-hybridized carbons (Fsp3) is 0.438. The van der Waals surface area contributed by atoms with Gasteiger partial charge in [-0.3, -0.25) is 0 Å². The highest BCUT2D eigenvalue weighted by Gasteiger charge is 2.24. The molecule has 1 aliphatic rings. The molecule has 0 spiro atoms. The summed E-state index contributed by atoms with van der Waals surface area (Å²) in [4.78, 5) is 4.25. The Morgan fingerprint density at radius 2 is 1.69 bits per heavy atom. The Balaban J connectivity index is 1.43. The number of nitrogens with one attached hydrogen (secondary N) is 3. The zero-order valence-electron chi connectivity index (χ0n) is 14.6. The van der Waals surface area contributed by atoms with Crippen LogP contribution in [-0.2, 0) is 10.2 Å². The molecule has 1 saturated heterocycles. The van der Waals surface area contributed by atoms with Gasteiger partial charge in [-0.15, -0.1) is 10.2 Å². The third-order valence-corrected chi connectivity index (χ3v) is 5.57. The summed E-state index contributed by atoms with van der Waals surface area (Å²) in [6.45, 7) is 3.88. The van der Waals surface area contributed by atoms with Gasteiger partial charge in [0.2, 0.25) is 0 Å². The first kappa shape index (κ1) is 18.5. The zero-order chi connectivity index (χ0) is 18.4. The molecule has 26 heavy (non-hydrogen) atoms. The number of anilines is 3. The number of hydrogen-bond donors (Lipinski definition) is 3. The van der Waals surface area contributed by atoms with Crippen molar-refractivity contribution >= 4 is 27.7 Å². The zero-order valence-corrected chi connectivity index (χ0v) is 15.5. The van der Waals surface area contributed by atoms with E-state index in [1.165, 1.54) is 4.31 Å². The average Bonchev–Trinajstić information content (AvgIpc) is 3.18. The predicted molar refractivity (Wildman–Crippen MR) is 101 cm³/mol. The Morgan fingerprint density at radius 3 is 2.35 bits per heavy atom. The van der Waals surface area contributed by atoms with Gasteiger partial charge in [-0.2, -0.15) is 12.7 Å². The molecule has 0 aromatic carbocycles. The third kappa shape index (κ3) is 5.10. The van der Waals surface area contributed by atoms with Crippen LogP contribution in [0.4, 0.5) is 17.5 Å². The highest BCUT2D eigenvalue weighted by molar-refractivity contribution is 7.87. The van der Waals surface area contributed by atoms with Crippen molar-refractivity contribution in [1.29, 1.82) is 0 Å². The largest absolute Gasteiger partial charge is 0.367 e. The maximum absolute atomic E-state index is 12.0. The van der Waals surface area contributed by atoms with Crippen molar-refractivity contribution in [2.24, 2.45) is 0 Å². The van der Waals surface area contributed by atoms with E-state index in [9.17, 15) is 8.42 Å². The molecule has 3 heterocycles. The molecule has 0 saturated carbocycles. The Bertz CT molecular complexity index is 803. The molecule has 3 N–H and O–H groups in total. The first-order valence-electron chi connectivity index (χ1n) is 8.55. The molecule has 0 unspecified atom stereocenters. The Hall–Kier alpha value is -2.30. The lowest BCUT2D eigenvalue weighted by atomic mass is 10.3. The van der Waals surface area contributed by atoms with Crippen molar-refractivity contribution in [2.75, 3.05) is 36.8 Å². The van der Waals surface area contributed by atoms with E-state index in [1.54, 1.807) is 18.3 Å². The maximum Gasteiger partial charge on any atom is 0.279 e. The summed E-state index contributed by atoms with van der Waals surface area (Å²) in [5.41, 5.74) is 1.08. The molecule has 0 atom stereocenters. The van der Waals surface area contributed by atoms with Gasteiger partial charge in [0.05, 0.1) is 0 Å². The number of pyridine rings is 1. The second-order valence-corrected chi connectivity index (χ2v) is 7.84. The Labute approximate surface area is 153 Å². The molecule has 0 aliphatic carbocycles. The highest BCUT2D eigenvalue weighted by atomic mass is 32.2. The van der Waals surface area contributed by atoms with E-state index >= 15 is 0 Å². The molecule has 0 amide bonds. The van der Waals surface area contributed by atoms with Crippen molar-refractivity contribution in [3.05, 3.63) is 36.0 Å². The van der Waals surface area contributed by atoms with Crippen LogP contribution in [-0.4, -0.2) is 54.1 Å². The van der Waals surface area contributed by atoms with Crippen LogP contribution in [0.1, 0.15) is 18.4 Å². The van der Waals surface area contributed by atoms with E-state index in [-0.39, 0.29) is 6.54 Å². The summed E-state index contributed by atoms with van der Waals surface area (Å²) < 4.78 is 28.1. The molecular formula is C16H23N7O2S. The van der Waals surface area contributed by atoms with Gasteiger partial charge in [0, 0.05) is 32.4 Å². The minimum absolute atomic E-state index is 0.286. The summed E-state index contributed by atoms with van der Waals surface area (Å²) in [5.74, 6) is 1.86. The fourth-order valence-corrected chi connectivity index (χ4v) is 3.84. The lowest BCUT2D eigenvalue weighted by molar-refractivity contribution is 0.466. The van der Waals surface area contributed by atoms with Crippen molar-refractivity contribution in [3.8, 4) is 0 Å². The van der Waals surface area contributed by atoms with E-state index in [0.717, 1.165) is 18.4 Å². The van der Waals surface area contributed by atoms with Crippen molar-refractivity contribution in [1.82, 2.24) is 24.2 Å². The summed E-state index contributed by atoms with van der Waals surface area (Å²) >= 11 is 0. The minimum Gasteiger partial charge on any atom is -0.367 e. The lowest BCUT2D eigenvalue weighted by Crippen LogP contribution is -2.40. The molecular weight excluding hydrogens is 354 g/mol. The molecule has 10 heteroatoms. The van der Waals surface area contributed by atoms with Gasteiger partial charge in [0.1, 0.15) is 11.6 Å². The van der Waals surface area contributed by atoms with Crippen molar-refractivity contribution in [3.63, 3.8) is 0 Å². The predicted octanol–water partition coefficient (Wildman–Crippen LogP) is 1.27. The normalized spacial score (nSPS) is 15.1. The molecule has 0 bridgehead atoms. The topological polar surface area (TPSA) is 112 Å². The fourth-order valence-electron chi connectivity index (χ4n) is 2.56. The van der Waals surface area contributed by atoms with Crippen LogP contribution in [0.2, 0.25) is 0 Å². The van der Waals surface area contributed by atoms with E-state index in [2.05, 4.69) is 30.5 Å². The lowest BCUT2D eigenvalue weighted by Gasteiger charge is -2.16. The van der Waals surface area contributed by atoms with Crippen LogP contribution >= 0.6 is 0 Å². The molecule has 2 aromatic rings. The standard InChI is InChI=1S/C16H23N7O2S/c1-13-4-5-14(18-12-13)20-16-7-6-15(21-22-16)17-8-9-19-26(24,25)23-10-2-3-11-23/h4-7,12,19H,2-3,8-11H2,1H3,(H,17,21)(H,18,20,22). The first-order chi connectivity index (χ1) is 12.5. The number of aromatic nitrogens is 3. The quantitative estimate of drug-likeness (QED) is 0.594. The van der Waals surface area contributed by atoms with E-state index in [4.69, 9.17) is 0 Å². The minimum atomic E-state index is -3.37. The Morgan fingerprint density at radius 1 is 1.00 bits per heavy atom. The molecule has 9 nitrogen and oxygen atoms in total. The van der Waals surface area contributed by atoms with Crippen LogP contribution in [0.15, 0.2) is 30.5 Å². The molecule has 140 valence electrons.